The summed E-state index contributed by atoms with van der Waals surface area (Å²) in [6.07, 6.45) is 0.705. The summed E-state index contributed by atoms with van der Waals surface area (Å²) in [7, 11) is 0. The highest BCUT2D eigenvalue weighted by Crippen LogP contribution is 2.24. The number of halogens is 2. The lowest BCUT2D eigenvalue weighted by molar-refractivity contribution is -0.125. The van der Waals surface area contributed by atoms with Crippen LogP contribution in [0.2, 0.25) is 0 Å². The molecule has 1 aromatic rings. The largest absolute Gasteiger partial charge is 0.352 e. The first-order valence-electron chi connectivity index (χ1n) is 6.64. The van der Waals surface area contributed by atoms with Crippen molar-refractivity contribution in [2.45, 2.75) is 33.7 Å². The maximum absolute atomic E-state index is 13.6. The SMILES string of the molecule is CC(C)(C)CC(CN)C(=O)NCc1cc(Br)ccc1F. The molecule has 1 unspecified atom stereocenters. The van der Waals surface area contributed by atoms with Crippen molar-refractivity contribution in [3.63, 3.8) is 0 Å². The molecule has 112 valence electrons. The van der Waals surface area contributed by atoms with Gasteiger partial charge in [-0.05, 0) is 30.0 Å². The van der Waals surface area contributed by atoms with E-state index >= 15 is 0 Å². The van der Waals surface area contributed by atoms with E-state index in [4.69, 9.17) is 5.73 Å². The Hall–Kier alpha value is -0.940. The number of benzene rings is 1. The minimum Gasteiger partial charge on any atom is -0.352 e. The molecule has 0 fully saturated rings. The zero-order valence-electron chi connectivity index (χ0n) is 12.2. The van der Waals surface area contributed by atoms with Crippen LogP contribution in [0, 0.1) is 17.2 Å². The Kier molecular flexibility index (Phi) is 6.14. The molecule has 0 radical (unpaired) electrons. The zero-order valence-corrected chi connectivity index (χ0v) is 13.8. The maximum Gasteiger partial charge on any atom is 0.224 e. The van der Waals surface area contributed by atoms with E-state index in [2.05, 4.69) is 42.0 Å². The first-order valence-corrected chi connectivity index (χ1v) is 7.44. The lowest BCUT2D eigenvalue weighted by Crippen LogP contribution is -2.37. The summed E-state index contributed by atoms with van der Waals surface area (Å²) in [4.78, 5) is 12.1. The molecule has 1 aromatic carbocycles. The van der Waals surface area contributed by atoms with Gasteiger partial charge in [-0.25, -0.2) is 4.39 Å². The number of nitrogens with two attached hydrogens (primary N) is 1. The molecule has 0 aromatic heterocycles. The van der Waals surface area contributed by atoms with Gasteiger partial charge in [0.1, 0.15) is 5.82 Å². The Morgan fingerprint density at radius 3 is 2.65 bits per heavy atom. The van der Waals surface area contributed by atoms with Crippen LogP contribution >= 0.6 is 15.9 Å². The second-order valence-corrected chi connectivity index (χ2v) is 7.07. The number of hydrogen-bond donors (Lipinski definition) is 2. The molecule has 0 spiro atoms. The number of nitrogens with one attached hydrogen (secondary N) is 1. The summed E-state index contributed by atoms with van der Waals surface area (Å²) in [5.41, 5.74) is 6.15. The number of carbonyl (C=O) groups is 1. The predicted molar refractivity (Wildman–Crippen MR) is 82.6 cm³/mol. The molecule has 1 atom stereocenters. The number of carbonyl (C=O) groups excluding carboxylic acids is 1. The van der Waals surface area contributed by atoms with Gasteiger partial charge >= 0.3 is 0 Å². The molecule has 5 heteroatoms. The first-order chi connectivity index (χ1) is 9.23. The Balaban J connectivity index is 2.63. The van der Waals surface area contributed by atoms with Gasteiger partial charge in [0.25, 0.3) is 0 Å². The first kappa shape index (κ1) is 17.1. The summed E-state index contributed by atoms with van der Waals surface area (Å²) >= 11 is 3.29. The van der Waals surface area contributed by atoms with Crippen LogP contribution < -0.4 is 11.1 Å². The standard InChI is InChI=1S/C15H22BrFN2O/c1-15(2,3)7-11(8-18)14(20)19-9-10-6-12(16)4-5-13(10)17/h4-6,11H,7-9,18H2,1-3H3,(H,19,20). The van der Waals surface area contributed by atoms with E-state index in [9.17, 15) is 9.18 Å². The van der Waals surface area contributed by atoms with Crippen molar-refractivity contribution in [2.75, 3.05) is 6.54 Å². The van der Waals surface area contributed by atoms with Crippen molar-refractivity contribution in [3.8, 4) is 0 Å². The highest BCUT2D eigenvalue weighted by Gasteiger charge is 2.23. The number of amides is 1. The van der Waals surface area contributed by atoms with Gasteiger partial charge in [-0.3, -0.25) is 4.79 Å². The average Bonchev–Trinajstić information content (AvgIpc) is 2.35. The topological polar surface area (TPSA) is 55.1 Å². The molecule has 0 aliphatic rings. The fourth-order valence-electron chi connectivity index (χ4n) is 2.03. The van der Waals surface area contributed by atoms with E-state index in [1.54, 1.807) is 12.1 Å². The molecule has 0 saturated carbocycles. The Bertz CT molecular complexity index is 471. The second kappa shape index (κ2) is 7.18. The molecule has 3 N–H and O–H groups in total. The number of rotatable bonds is 5. The van der Waals surface area contributed by atoms with Gasteiger partial charge in [-0.15, -0.1) is 0 Å². The lowest BCUT2D eigenvalue weighted by atomic mass is 9.84. The van der Waals surface area contributed by atoms with Crippen LogP contribution in [-0.4, -0.2) is 12.5 Å². The summed E-state index contributed by atoms with van der Waals surface area (Å²) in [5.74, 6) is -0.694. The molecular weight excluding hydrogens is 323 g/mol. The summed E-state index contributed by atoms with van der Waals surface area (Å²) in [6.45, 7) is 6.67. The number of hydrogen-bond acceptors (Lipinski definition) is 2. The minimum absolute atomic E-state index is 0.0302. The predicted octanol–water partition coefficient (Wildman–Crippen LogP) is 3.22. The van der Waals surface area contributed by atoms with Gasteiger partial charge in [0, 0.05) is 23.1 Å². The monoisotopic (exact) mass is 344 g/mol. The third-order valence-corrected chi connectivity index (χ3v) is 3.47. The molecular formula is C15H22BrFN2O. The van der Waals surface area contributed by atoms with E-state index in [0.29, 0.717) is 18.5 Å². The zero-order chi connectivity index (χ0) is 15.3. The van der Waals surface area contributed by atoms with Crippen molar-refractivity contribution < 1.29 is 9.18 Å². The van der Waals surface area contributed by atoms with E-state index in [1.807, 2.05) is 0 Å². The van der Waals surface area contributed by atoms with Crippen LogP contribution in [-0.2, 0) is 11.3 Å². The van der Waals surface area contributed by atoms with Crippen molar-refractivity contribution in [1.29, 1.82) is 0 Å². The van der Waals surface area contributed by atoms with Crippen molar-refractivity contribution in [2.24, 2.45) is 17.1 Å². The Labute approximate surface area is 128 Å². The molecule has 0 saturated heterocycles. The summed E-state index contributed by atoms with van der Waals surface area (Å²) in [6, 6.07) is 4.67. The van der Waals surface area contributed by atoms with Crippen LogP contribution in [0.1, 0.15) is 32.8 Å². The molecule has 3 nitrogen and oxygen atoms in total. The second-order valence-electron chi connectivity index (χ2n) is 6.15. The van der Waals surface area contributed by atoms with Crippen LogP contribution in [0.4, 0.5) is 4.39 Å². The molecule has 1 rings (SSSR count). The van der Waals surface area contributed by atoms with Gasteiger partial charge in [0.15, 0.2) is 0 Å². The maximum atomic E-state index is 13.6. The quantitative estimate of drug-likeness (QED) is 0.861. The fraction of sp³-hybridized carbons (Fsp3) is 0.533. The third kappa shape index (κ3) is 5.59. The highest BCUT2D eigenvalue weighted by molar-refractivity contribution is 9.10. The van der Waals surface area contributed by atoms with Crippen molar-refractivity contribution in [3.05, 3.63) is 34.1 Å². The fourth-order valence-corrected chi connectivity index (χ4v) is 2.44. The molecule has 20 heavy (non-hydrogen) atoms. The molecule has 1 amide bonds. The van der Waals surface area contributed by atoms with Crippen LogP contribution in [0.15, 0.2) is 22.7 Å². The van der Waals surface area contributed by atoms with Gasteiger partial charge in [0.05, 0.1) is 5.92 Å². The Morgan fingerprint density at radius 1 is 1.45 bits per heavy atom. The van der Waals surface area contributed by atoms with E-state index in [0.717, 1.165) is 4.47 Å². The van der Waals surface area contributed by atoms with Crippen molar-refractivity contribution >= 4 is 21.8 Å². The minimum atomic E-state index is -0.325. The molecule has 0 aliphatic heterocycles. The van der Waals surface area contributed by atoms with Crippen LogP contribution in [0.25, 0.3) is 0 Å². The van der Waals surface area contributed by atoms with Gasteiger partial charge in [-0.2, -0.15) is 0 Å². The molecule has 0 aliphatic carbocycles. The van der Waals surface area contributed by atoms with Gasteiger partial charge < -0.3 is 11.1 Å². The summed E-state index contributed by atoms with van der Waals surface area (Å²) in [5, 5.41) is 2.76. The molecule has 0 bridgehead atoms. The van der Waals surface area contributed by atoms with E-state index in [-0.39, 0.29) is 29.6 Å². The highest BCUT2D eigenvalue weighted by atomic mass is 79.9. The Morgan fingerprint density at radius 2 is 2.10 bits per heavy atom. The van der Waals surface area contributed by atoms with E-state index in [1.165, 1.54) is 6.07 Å². The normalized spacial score (nSPS) is 13.1. The average molecular weight is 345 g/mol. The smallest absolute Gasteiger partial charge is 0.224 e. The third-order valence-electron chi connectivity index (χ3n) is 2.97. The van der Waals surface area contributed by atoms with Gasteiger partial charge in [0.2, 0.25) is 5.91 Å². The lowest BCUT2D eigenvalue weighted by Gasteiger charge is -2.24. The van der Waals surface area contributed by atoms with E-state index < -0.39 is 0 Å². The molecule has 0 heterocycles. The van der Waals surface area contributed by atoms with Crippen LogP contribution in [0.3, 0.4) is 0 Å². The van der Waals surface area contributed by atoms with Crippen LogP contribution in [0.5, 0.6) is 0 Å². The van der Waals surface area contributed by atoms with Crippen molar-refractivity contribution in [1.82, 2.24) is 5.32 Å². The van der Waals surface area contributed by atoms with Gasteiger partial charge in [-0.1, -0.05) is 36.7 Å². The summed E-state index contributed by atoms with van der Waals surface area (Å²) < 4.78 is 14.4.